The van der Waals surface area contributed by atoms with E-state index in [1.807, 2.05) is 0 Å². The van der Waals surface area contributed by atoms with Crippen LogP contribution < -0.4 is 0 Å². The first-order chi connectivity index (χ1) is 42.7. The molecule has 0 aromatic rings. The molecular formula is C70H136O17P2. The topological polar surface area (TPSA) is 237 Å². The number of rotatable bonds is 67. The third-order valence-electron chi connectivity index (χ3n) is 16.8. The van der Waals surface area contributed by atoms with Gasteiger partial charge in [-0.15, -0.1) is 0 Å². The number of aliphatic hydroxyl groups is 1. The number of aliphatic hydroxyl groups excluding tert-OH is 1. The van der Waals surface area contributed by atoms with Gasteiger partial charge < -0.3 is 33.8 Å². The Labute approximate surface area is 543 Å². The van der Waals surface area contributed by atoms with Crippen molar-refractivity contribution in [3.63, 3.8) is 0 Å². The number of carbonyl (C=O) groups is 4. The summed E-state index contributed by atoms with van der Waals surface area (Å²) in [5.41, 5.74) is 0. The van der Waals surface area contributed by atoms with Crippen LogP contribution in [0.1, 0.15) is 344 Å². The summed E-state index contributed by atoms with van der Waals surface area (Å²) in [5, 5.41) is 10.6. The van der Waals surface area contributed by atoms with E-state index in [0.29, 0.717) is 31.6 Å². The monoisotopic (exact) mass is 1310 g/mol. The maximum atomic E-state index is 13.0. The highest BCUT2D eigenvalue weighted by atomic mass is 31.2. The first kappa shape index (κ1) is 87.1. The molecule has 0 aliphatic heterocycles. The van der Waals surface area contributed by atoms with E-state index in [9.17, 15) is 43.2 Å². The van der Waals surface area contributed by atoms with Gasteiger partial charge in [-0.05, 0) is 49.4 Å². The fraction of sp³-hybridized carbons (Fsp3) is 0.943. The van der Waals surface area contributed by atoms with Gasteiger partial charge in [0.15, 0.2) is 12.2 Å². The second-order valence-electron chi connectivity index (χ2n) is 26.7. The Hall–Kier alpha value is -1.94. The third-order valence-corrected chi connectivity index (χ3v) is 18.7. The summed E-state index contributed by atoms with van der Waals surface area (Å²) in [5.74, 6) is 0.905. The number of phosphoric acid groups is 2. The van der Waals surface area contributed by atoms with Crippen LogP contribution in [0.15, 0.2) is 0 Å². The zero-order valence-corrected chi connectivity index (χ0v) is 59.8. The lowest BCUT2D eigenvalue weighted by atomic mass is 9.99. The molecule has 89 heavy (non-hydrogen) atoms. The predicted octanol–water partition coefficient (Wildman–Crippen LogP) is 19.7. The molecule has 0 fully saturated rings. The minimum atomic E-state index is -4.95. The van der Waals surface area contributed by atoms with Gasteiger partial charge in [0.25, 0.3) is 0 Å². The first-order valence-electron chi connectivity index (χ1n) is 36.3. The molecule has 528 valence electrons. The highest BCUT2D eigenvalue weighted by Gasteiger charge is 2.30. The SMILES string of the molecule is CCC(C)CCCCCCCCCCCCC(=O)O[C@H](COC(=O)CCCCCCCCCCCCC(C)C)COP(=O)(O)OCC(O)COP(=O)(O)OC[C@@H](COC(=O)CCCCCCCCCC(C)C)OC(=O)CCCCCCCCCCC(C)CC. The summed E-state index contributed by atoms with van der Waals surface area (Å²) in [6.07, 6.45) is 41.6. The van der Waals surface area contributed by atoms with Crippen molar-refractivity contribution in [2.45, 2.75) is 363 Å². The number of hydrogen-bond donors (Lipinski definition) is 3. The average Bonchev–Trinajstić information content (AvgIpc) is 3.69. The zero-order chi connectivity index (χ0) is 66.1. The molecule has 0 saturated carbocycles. The van der Waals surface area contributed by atoms with Crippen LogP contribution in [0.2, 0.25) is 0 Å². The van der Waals surface area contributed by atoms with Gasteiger partial charge in [-0.25, -0.2) is 9.13 Å². The maximum absolute atomic E-state index is 13.0. The lowest BCUT2D eigenvalue weighted by Crippen LogP contribution is -2.30. The normalized spacial score (nSPS) is 14.9. The second-order valence-corrected chi connectivity index (χ2v) is 29.6. The van der Waals surface area contributed by atoms with Crippen molar-refractivity contribution in [2.24, 2.45) is 23.7 Å². The molecule has 7 atom stereocenters. The van der Waals surface area contributed by atoms with Crippen molar-refractivity contribution in [2.75, 3.05) is 39.6 Å². The molecule has 0 heterocycles. The maximum Gasteiger partial charge on any atom is 0.472 e. The van der Waals surface area contributed by atoms with Gasteiger partial charge in [0.2, 0.25) is 0 Å². The van der Waals surface area contributed by atoms with Crippen LogP contribution in [-0.4, -0.2) is 96.7 Å². The zero-order valence-electron chi connectivity index (χ0n) is 58.1. The van der Waals surface area contributed by atoms with Crippen molar-refractivity contribution in [3.05, 3.63) is 0 Å². The number of hydrogen-bond acceptors (Lipinski definition) is 15. The summed E-state index contributed by atoms with van der Waals surface area (Å²) in [4.78, 5) is 72.5. The van der Waals surface area contributed by atoms with Crippen LogP contribution in [0.3, 0.4) is 0 Å². The van der Waals surface area contributed by atoms with Crippen LogP contribution >= 0.6 is 15.6 Å². The molecule has 5 unspecified atom stereocenters. The smallest absolute Gasteiger partial charge is 0.462 e. The quantitative estimate of drug-likeness (QED) is 0.0222. The summed E-state index contributed by atoms with van der Waals surface area (Å²) in [6.45, 7) is 14.1. The molecule has 0 aliphatic carbocycles. The molecule has 0 bridgehead atoms. The largest absolute Gasteiger partial charge is 0.472 e. The van der Waals surface area contributed by atoms with Gasteiger partial charge in [0.05, 0.1) is 26.4 Å². The van der Waals surface area contributed by atoms with Gasteiger partial charge in [-0.3, -0.25) is 37.3 Å². The van der Waals surface area contributed by atoms with Gasteiger partial charge in [0.1, 0.15) is 19.3 Å². The lowest BCUT2D eigenvalue weighted by Gasteiger charge is -2.21. The molecular weight excluding hydrogens is 1170 g/mol. The van der Waals surface area contributed by atoms with Crippen LogP contribution in [0.5, 0.6) is 0 Å². The van der Waals surface area contributed by atoms with E-state index in [-0.39, 0.29) is 25.7 Å². The molecule has 0 saturated heterocycles. The average molecular weight is 1310 g/mol. The Bertz CT molecular complexity index is 1770. The Morgan fingerprint density at radius 3 is 0.798 bits per heavy atom. The molecule has 17 nitrogen and oxygen atoms in total. The van der Waals surface area contributed by atoms with Crippen molar-refractivity contribution >= 4 is 39.5 Å². The fourth-order valence-electron chi connectivity index (χ4n) is 10.4. The van der Waals surface area contributed by atoms with E-state index in [2.05, 4.69) is 55.4 Å². The Morgan fingerprint density at radius 1 is 0.315 bits per heavy atom. The van der Waals surface area contributed by atoms with E-state index in [0.717, 1.165) is 114 Å². The van der Waals surface area contributed by atoms with Crippen LogP contribution in [0, 0.1) is 23.7 Å². The van der Waals surface area contributed by atoms with E-state index in [1.165, 1.54) is 141 Å². The Kier molecular flexibility index (Phi) is 58.5. The summed E-state index contributed by atoms with van der Waals surface area (Å²) < 4.78 is 68.3. The summed E-state index contributed by atoms with van der Waals surface area (Å²) in [6, 6.07) is 0. The van der Waals surface area contributed by atoms with Gasteiger partial charge in [0, 0.05) is 25.7 Å². The number of unbranched alkanes of at least 4 members (excludes halogenated alkanes) is 31. The molecule has 0 spiro atoms. The number of carbonyl (C=O) groups excluding carboxylic acids is 4. The minimum Gasteiger partial charge on any atom is -0.462 e. The van der Waals surface area contributed by atoms with Gasteiger partial charge in [-0.1, -0.05) is 293 Å². The summed E-state index contributed by atoms with van der Waals surface area (Å²) >= 11 is 0. The minimum absolute atomic E-state index is 0.104. The summed E-state index contributed by atoms with van der Waals surface area (Å²) in [7, 11) is -9.90. The molecule has 19 heteroatoms. The third kappa shape index (κ3) is 62.0. The highest BCUT2D eigenvalue weighted by molar-refractivity contribution is 7.47. The molecule has 0 rings (SSSR count). The molecule has 0 amide bonds. The van der Waals surface area contributed by atoms with E-state index >= 15 is 0 Å². The van der Waals surface area contributed by atoms with Crippen LogP contribution in [-0.2, 0) is 65.4 Å². The Balaban J connectivity index is 5.27. The molecule has 0 aliphatic rings. The molecule has 0 aromatic carbocycles. The predicted molar refractivity (Wildman–Crippen MR) is 358 cm³/mol. The van der Waals surface area contributed by atoms with E-state index < -0.39 is 97.5 Å². The van der Waals surface area contributed by atoms with Crippen LogP contribution in [0.25, 0.3) is 0 Å². The van der Waals surface area contributed by atoms with Crippen LogP contribution in [0.4, 0.5) is 0 Å². The number of esters is 4. The van der Waals surface area contributed by atoms with Crippen molar-refractivity contribution in [3.8, 4) is 0 Å². The van der Waals surface area contributed by atoms with Gasteiger partial charge in [-0.2, -0.15) is 0 Å². The number of ether oxygens (including phenoxy) is 4. The molecule has 0 aromatic heterocycles. The van der Waals surface area contributed by atoms with E-state index in [1.54, 1.807) is 0 Å². The van der Waals surface area contributed by atoms with Crippen molar-refractivity contribution < 1.29 is 80.2 Å². The lowest BCUT2D eigenvalue weighted by molar-refractivity contribution is -0.161. The molecule has 3 N–H and O–H groups in total. The van der Waals surface area contributed by atoms with Crippen molar-refractivity contribution in [1.29, 1.82) is 0 Å². The fourth-order valence-corrected chi connectivity index (χ4v) is 12.0. The first-order valence-corrected chi connectivity index (χ1v) is 39.3. The second kappa shape index (κ2) is 59.8. The van der Waals surface area contributed by atoms with Crippen molar-refractivity contribution in [1.82, 2.24) is 0 Å². The Morgan fingerprint density at radius 2 is 0.539 bits per heavy atom. The highest BCUT2D eigenvalue weighted by Crippen LogP contribution is 2.45. The standard InChI is InChI=1S/C70H136O17P2/c1-9-62(7)48-40-32-24-16-12-14-18-27-36-44-52-69(74)86-65(56-80-67(72)50-42-34-26-17-13-11-15-22-30-38-46-60(3)4)58-84-88(76,77)82-54-64(71)55-83-89(78,79)85-59-66(57-81-68(73)51-43-35-29-21-23-31-39-47-61(5)6)87-70(75)53-45-37-28-20-19-25-33-41-49-63(8)10-2/h60-66,71H,9-59H2,1-8H3,(H,76,77)(H,78,79)/t62?,63?,64?,65-,66-/m1/s1. The molecule has 0 radical (unpaired) electrons. The number of phosphoric ester groups is 2. The van der Waals surface area contributed by atoms with E-state index in [4.69, 9.17) is 37.0 Å². The van der Waals surface area contributed by atoms with Gasteiger partial charge >= 0.3 is 39.5 Å².